The van der Waals surface area contributed by atoms with Crippen LogP contribution in [0.3, 0.4) is 0 Å². The van der Waals surface area contributed by atoms with Gasteiger partial charge in [0.25, 0.3) is 0 Å². The lowest BCUT2D eigenvalue weighted by Gasteiger charge is -2.29. The van der Waals surface area contributed by atoms with Crippen molar-refractivity contribution in [3.8, 4) is 5.75 Å². The van der Waals surface area contributed by atoms with Gasteiger partial charge in [0, 0.05) is 0 Å². The molecule has 1 rings (SSSR count). The number of carbonyl (C=O) groups excluding carboxylic acids is 1. The van der Waals surface area contributed by atoms with Gasteiger partial charge in [-0.1, -0.05) is 32.9 Å². The minimum Gasteiger partial charge on any atom is -0.544 e. The maximum atomic E-state index is 11.3. The summed E-state index contributed by atoms with van der Waals surface area (Å²) in [5.74, 6) is 0.789. The van der Waals surface area contributed by atoms with Crippen LogP contribution in [-0.4, -0.2) is 14.6 Å². The second kappa shape index (κ2) is 4.88. The molecule has 0 aromatic heterocycles. The average Bonchev–Trinajstić information content (AvgIpc) is 2.13. The molecule has 1 aromatic rings. The van der Waals surface area contributed by atoms with Gasteiger partial charge in [0.15, 0.2) is 6.29 Å². The number of benzene rings is 1. The van der Waals surface area contributed by atoms with Crippen LogP contribution < -0.4 is 4.43 Å². The van der Waals surface area contributed by atoms with Crippen LogP contribution in [0.4, 0.5) is 0 Å². The summed E-state index contributed by atoms with van der Waals surface area (Å²) < 4.78 is 6.17. The Morgan fingerprint density at radius 2 is 1.72 bits per heavy atom. The Morgan fingerprint density at radius 1 is 1.17 bits per heavy atom. The first-order chi connectivity index (χ1) is 8.06. The zero-order valence-electron chi connectivity index (χ0n) is 12.5. The van der Waals surface area contributed by atoms with Gasteiger partial charge in [-0.3, -0.25) is 4.79 Å². The molecule has 0 heterocycles. The van der Waals surface area contributed by atoms with E-state index in [1.807, 2.05) is 13.0 Å². The highest BCUT2D eigenvalue weighted by Gasteiger charge is 2.26. The van der Waals surface area contributed by atoms with Gasteiger partial charge in [0.1, 0.15) is 5.75 Å². The van der Waals surface area contributed by atoms with Gasteiger partial charge in [0.2, 0.25) is 8.32 Å². The quantitative estimate of drug-likeness (QED) is 0.600. The van der Waals surface area contributed by atoms with E-state index in [1.54, 1.807) is 0 Å². The number of aldehydes is 1. The molecular weight excluding hydrogens is 240 g/mol. The first-order valence-electron chi connectivity index (χ1n) is 6.34. The molecule has 0 amide bonds. The maximum absolute atomic E-state index is 11.3. The van der Waals surface area contributed by atoms with Crippen LogP contribution in [0.1, 0.15) is 42.3 Å². The lowest BCUT2D eigenvalue weighted by molar-refractivity contribution is 0.112. The number of aryl methyl sites for hydroxylation is 1. The van der Waals surface area contributed by atoms with E-state index < -0.39 is 8.32 Å². The van der Waals surface area contributed by atoms with E-state index in [1.165, 1.54) is 0 Å². The Hall–Kier alpha value is -1.09. The van der Waals surface area contributed by atoms with Gasteiger partial charge >= 0.3 is 0 Å². The van der Waals surface area contributed by atoms with E-state index >= 15 is 0 Å². The Balaban J connectivity index is 3.50. The fourth-order valence-electron chi connectivity index (χ4n) is 1.85. The summed E-state index contributed by atoms with van der Waals surface area (Å²) in [6, 6.07) is 4.08. The van der Waals surface area contributed by atoms with E-state index in [2.05, 4.69) is 46.5 Å². The topological polar surface area (TPSA) is 26.3 Å². The van der Waals surface area contributed by atoms with Crippen LogP contribution in [0, 0.1) is 6.92 Å². The van der Waals surface area contributed by atoms with Gasteiger partial charge < -0.3 is 4.43 Å². The lowest BCUT2D eigenvalue weighted by atomic mass is 9.84. The highest BCUT2D eigenvalue weighted by molar-refractivity contribution is 6.70. The molecule has 0 aliphatic carbocycles. The molecule has 2 nitrogen and oxygen atoms in total. The fraction of sp³-hybridized carbons (Fsp3) is 0.533. The minimum atomic E-state index is -1.74. The zero-order chi connectivity index (χ0) is 14.1. The van der Waals surface area contributed by atoms with Crippen molar-refractivity contribution in [1.82, 2.24) is 0 Å². The van der Waals surface area contributed by atoms with Crippen molar-refractivity contribution in [2.45, 2.75) is 52.8 Å². The summed E-state index contributed by atoms with van der Waals surface area (Å²) in [5.41, 5.74) is 2.76. The van der Waals surface area contributed by atoms with Gasteiger partial charge in [-0.2, -0.15) is 0 Å². The summed E-state index contributed by atoms with van der Waals surface area (Å²) in [5, 5.41) is 0. The molecule has 0 aliphatic rings. The molecule has 0 unspecified atom stereocenters. The van der Waals surface area contributed by atoms with E-state index in [0.717, 1.165) is 23.2 Å². The van der Waals surface area contributed by atoms with Gasteiger partial charge in [-0.15, -0.1) is 0 Å². The maximum Gasteiger partial charge on any atom is 0.242 e. The molecule has 18 heavy (non-hydrogen) atoms. The Labute approximate surface area is 111 Å². The van der Waals surface area contributed by atoms with E-state index in [0.29, 0.717) is 5.56 Å². The molecule has 0 aliphatic heterocycles. The SMILES string of the molecule is Cc1ccc(C(C)(C)C)c(O[Si](C)(C)C)c1C=O. The van der Waals surface area contributed by atoms with Crippen LogP contribution in [0.5, 0.6) is 5.75 Å². The minimum absolute atomic E-state index is 0.0273. The summed E-state index contributed by atoms with van der Waals surface area (Å²) in [4.78, 5) is 11.3. The van der Waals surface area contributed by atoms with Gasteiger partial charge in [-0.25, -0.2) is 0 Å². The standard InChI is InChI=1S/C15H24O2Si/c1-11-8-9-13(15(2,3)4)14(12(11)10-16)17-18(5,6)7/h8-10H,1-7H3. The molecule has 0 spiro atoms. The summed E-state index contributed by atoms with van der Waals surface area (Å²) in [7, 11) is -1.74. The van der Waals surface area contributed by atoms with E-state index in [-0.39, 0.29) is 5.41 Å². The molecule has 0 bridgehead atoms. The summed E-state index contributed by atoms with van der Waals surface area (Å²) >= 11 is 0. The molecule has 100 valence electrons. The van der Waals surface area contributed by atoms with Crippen LogP contribution in [-0.2, 0) is 5.41 Å². The molecule has 1 aromatic carbocycles. The fourth-order valence-corrected chi connectivity index (χ4v) is 2.68. The zero-order valence-corrected chi connectivity index (χ0v) is 13.5. The molecule has 0 saturated carbocycles. The number of rotatable bonds is 3. The van der Waals surface area contributed by atoms with Crippen LogP contribution in [0.15, 0.2) is 12.1 Å². The molecule has 0 saturated heterocycles. The van der Waals surface area contributed by atoms with Crippen molar-refractivity contribution < 1.29 is 9.22 Å². The highest BCUT2D eigenvalue weighted by atomic mass is 28.4. The van der Waals surface area contributed by atoms with Crippen molar-refractivity contribution in [3.05, 3.63) is 28.8 Å². The largest absolute Gasteiger partial charge is 0.544 e. The number of hydrogen-bond acceptors (Lipinski definition) is 2. The normalized spacial score (nSPS) is 12.4. The molecule has 0 N–H and O–H groups in total. The van der Waals surface area contributed by atoms with Gasteiger partial charge in [-0.05, 0) is 43.1 Å². The molecule has 0 radical (unpaired) electrons. The monoisotopic (exact) mass is 264 g/mol. The van der Waals surface area contributed by atoms with Crippen molar-refractivity contribution in [3.63, 3.8) is 0 Å². The predicted molar refractivity (Wildman–Crippen MR) is 79.2 cm³/mol. The average molecular weight is 264 g/mol. The number of carbonyl (C=O) groups is 1. The third-order valence-electron chi connectivity index (χ3n) is 2.75. The predicted octanol–water partition coefficient (Wildman–Crippen LogP) is 4.32. The van der Waals surface area contributed by atoms with Crippen molar-refractivity contribution in [1.29, 1.82) is 0 Å². The van der Waals surface area contributed by atoms with Crippen molar-refractivity contribution >= 4 is 14.6 Å². The summed E-state index contributed by atoms with van der Waals surface area (Å²) in [6.45, 7) is 14.8. The first kappa shape index (κ1) is 15.0. The first-order valence-corrected chi connectivity index (χ1v) is 9.75. The smallest absolute Gasteiger partial charge is 0.242 e. The third-order valence-corrected chi connectivity index (χ3v) is 3.56. The lowest BCUT2D eigenvalue weighted by Crippen LogP contribution is -2.31. The second-order valence-electron chi connectivity index (χ2n) is 6.76. The van der Waals surface area contributed by atoms with Crippen LogP contribution >= 0.6 is 0 Å². The van der Waals surface area contributed by atoms with Crippen LogP contribution in [0.2, 0.25) is 19.6 Å². The van der Waals surface area contributed by atoms with E-state index in [4.69, 9.17) is 4.43 Å². The van der Waals surface area contributed by atoms with Crippen LogP contribution in [0.25, 0.3) is 0 Å². The molecule has 0 fully saturated rings. The van der Waals surface area contributed by atoms with Crippen molar-refractivity contribution in [2.75, 3.05) is 0 Å². The van der Waals surface area contributed by atoms with E-state index in [9.17, 15) is 4.79 Å². The Kier molecular flexibility index (Phi) is 4.06. The summed E-state index contributed by atoms with van der Waals surface area (Å²) in [6.07, 6.45) is 0.917. The van der Waals surface area contributed by atoms with Crippen molar-refractivity contribution in [2.24, 2.45) is 0 Å². The highest BCUT2D eigenvalue weighted by Crippen LogP contribution is 2.36. The third kappa shape index (κ3) is 3.45. The molecule has 0 atom stereocenters. The Bertz CT molecular complexity index is 451. The van der Waals surface area contributed by atoms with Gasteiger partial charge in [0.05, 0.1) is 5.56 Å². The molecule has 3 heteroatoms. The molecular formula is C15H24O2Si. The Morgan fingerprint density at radius 3 is 2.11 bits per heavy atom. The number of hydrogen-bond donors (Lipinski definition) is 0. The second-order valence-corrected chi connectivity index (χ2v) is 11.2.